The van der Waals surface area contributed by atoms with Crippen molar-refractivity contribution in [1.82, 2.24) is 24.4 Å². The van der Waals surface area contributed by atoms with Crippen molar-refractivity contribution in [3.05, 3.63) is 72.0 Å². The maximum atomic E-state index is 13.2. The highest BCUT2D eigenvalue weighted by Crippen LogP contribution is 2.29. The van der Waals surface area contributed by atoms with E-state index in [2.05, 4.69) is 26.4 Å². The Morgan fingerprint density at radius 1 is 1.07 bits per heavy atom. The lowest BCUT2D eigenvalue weighted by Gasteiger charge is -2.33. The van der Waals surface area contributed by atoms with E-state index in [-0.39, 0.29) is 5.82 Å². The number of aromatic nitrogens is 4. The van der Waals surface area contributed by atoms with Gasteiger partial charge in [0.1, 0.15) is 11.6 Å². The van der Waals surface area contributed by atoms with Crippen molar-refractivity contribution >= 4 is 0 Å². The quantitative estimate of drug-likeness (QED) is 0.691. The number of likely N-dealkylation sites (tertiary alicyclic amines) is 1. The molecule has 4 rings (SSSR count). The van der Waals surface area contributed by atoms with Crippen LogP contribution in [0.25, 0.3) is 5.82 Å². The monoisotopic (exact) mass is 365 g/mol. The fraction of sp³-hybridized carbons (Fsp3) is 0.381. The SMILES string of the molecule is CCc1nccn1-c1nccnc1[C@@H]1CCCN(Cc2ccc(F)cc2)C1. The summed E-state index contributed by atoms with van der Waals surface area (Å²) >= 11 is 0. The summed E-state index contributed by atoms with van der Waals surface area (Å²) in [5.74, 6) is 2.03. The van der Waals surface area contributed by atoms with Gasteiger partial charge in [0, 0.05) is 50.2 Å². The molecule has 1 aliphatic rings. The fourth-order valence-corrected chi connectivity index (χ4v) is 3.87. The molecule has 140 valence electrons. The molecule has 1 aliphatic heterocycles. The summed E-state index contributed by atoms with van der Waals surface area (Å²) in [6.07, 6.45) is 10.4. The first-order valence-electron chi connectivity index (χ1n) is 9.55. The highest BCUT2D eigenvalue weighted by atomic mass is 19.1. The molecule has 0 amide bonds. The number of benzene rings is 1. The van der Waals surface area contributed by atoms with E-state index >= 15 is 0 Å². The largest absolute Gasteiger partial charge is 0.298 e. The van der Waals surface area contributed by atoms with Crippen LogP contribution in [-0.2, 0) is 13.0 Å². The molecular weight excluding hydrogens is 341 g/mol. The van der Waals surface area contributed by atoms with Gasteiger partial charge in [-0.1, -0.05) is 19.1 Å². The molecule has 1 atom stereocenters. The third-order valence-corrected chi connectivity index (χ3v) is 5.18. The molecule has 27 heavy (non-hydrogen) atoms. The van der Waals surface area contributed by atoms with Crippen LogP contribution >= 0.6 is 0 Å². The van der Waals surface area contributed by atoms with Crippen molar-refractivity contribution in [3.63, 3.8) is 0 Å². The average Bonchev–Trinajstić information content (AvgIpc) is 3.19. The van der Waals surface area contributed by atoms with Crippen LogP contribution in [0.1, 0.15) is 42.8 Å². The van der Waals surface area contributed by atoms with E-state index in [0.717, 1.165) is 61.8 Å². The normalized spacial score (nSPS) is 17.9. The second-order valence-corrected chi connectivity index (χ2v) is 7.03. The summed E-state index contributed by atoms with van der Waals surface area (Å²) in [5.41, 5.74) is 2.17. The van der Waals surface area contributed by atoms with Gasteiger partial charge in [0.15, 0.2) is 5.82 Å². The summed E-state index contributed by atoms with van der Waals surface area (Å²) in [6.45, 7) is 4.91. The van der Waals surface area contributed by atoms with Gasteiger partial charge in [-0.05, 0) is 37.1 Å². The van der Waals surface area contributed by atoms with Crippen LogP contribution in [0.3, 0.4) is 0 Å². The van der Waals surface area contributed by atoms with Gasteiger partial charge < -0.3 is 0 Å². The van der Waals surface area contributed by atoms with Crippen LogP contribution in [0.2, 0.25) is 0 Å². The molecule has 2 aromatic heterocycles. The zero-order chi connectivity index (χ0) is 18.6. The van der Waals surface area contributed by atoms with Crippen LogP contribution in [0.15, 0.2) is 49.1 Å². The van der Waals surface area contributed by atoms with E-state index in [9.17, 15) is 4.39 Å². The smallest absolute Gasteiger partial charge is 0.160 e. The van der Waals surface area contributed by atoms with Crippen LogP contribution in [0, 0.1) is 5.82 Å². The number of hydrogen-bond donors (Lipinski definition) is 0. The number of imidazole rings is 1. The van der Waals surface area contributed by atoms with Crippen molar-refractivity contribution in [2.75, 3.05) is 13.1 Å². The minimum Gasteiger partial charge on any atom is -0.298 e. The number of rotatable bonds is 5. The molecule has 5 nitrogen and oxygen atoms in total. The van der Waals surface area contributed by atoms with E-state index < -0.39 is 0 Å². The Morgan fingerprint density at radius 3 is 2.70 bits per heavy atom. The number of piperidine rings is 1. The molecular formula is C21H24FN5. The lowest BCUT2D eigenvalue weighted by atomic mass is 9.94. The number of halogens is 1. The fourth-order valence-electron chi connectivity index (χ4n) is 3.87. The molecule has 6 heteroatoms. The maximum absolute atomic E-state index is 13.2. The molecule has 0 radical (unpaired) electrons. The van der Waals surface area contributed by atoms with E-state index in [4.69, 9.17) is 4.98 Å². The molecule has 0 spiro atoms. The van der Waals surface area contributed by atoms with Gasteiger partial charge in [0.2, 0.25) is 0 Å². The highest BCUT2D eigenvalue weighted by molar-refractivity contribution is 5.33. The lowest BCUT2D eigenvalue weighted by Crippen LogP contribution is -2.34. The summed E-state index contributed by atoms with van der Waals surface area (Å²) in [4.78, 5) is 16.2. The zero-order valence-electron chi connectivity index (χ0n) is 15.6. The Balaban J connectivity index is 1.56. The van der Waals surface area contributed by atoms with Crippen molar-refractivity contribution in [1.29, 1.82) is 0 Å². The van der Waals surface area contributed by atoms with Crippen molar-refractivity contribution < 1.29 is 4.39 Å². The van der Waals surface area contributed by atoms with Gasteiger partial charge in [-0.2, -0.15) is 0 Å². The van der Waals surface area contributed by atoms with Crippen molar-refractivity contribution in [2.24, 2.45) is 0 Å². The number of nitrogens with zero attached hydrogens (tertiary/aromatic N) is 5. The van der Waals surface area contributed by atoms with Crippen LogP contribution < -0.4 is 0 Å². The first-order valence-corrected chi connectivity index (χ1v) is 9.55. The number of hydrogen-bond acceptors (Lipinski definition) is 4. The summed E-state index contributed by atoms with van der Waals surface area (Å²) in [5, 5.41) is 0. The molecule has 3 aromatic rings. The highest BCUT2D eigenvalue weighted by Gasteiger charge is 2.26. The predicted octanol–water partition coefficient (Wildman–Crippen LogP) is 3.74. The molecule has 0 bridgehead atoms. The number of aryl methyl sites for hydroxylation is 1. The first kappa shape index (κ1) is 17.8. The molecule has 3 heterocycles. The van der Waals surface area contributed by atoms with Crippen LogP contribution in [0.4, 0.5) is 4.39 Å². The second-order valence-electron chi connectivity index (χ2n) is 7.03. The standard InChI is InChI=1S/C21H24FN5/c1-2-19-23-11-13-27(19)21-20(24-9-10-25-21)17-4-3-12-26(15-17)14-16-5-7-18(22)8-6-16/h5-11,13,17H,2-4,12,14-15H2,1H3/t17-/m1/s1. The summed E-state index contributed by atoms with van der Waals surface area (Å²) < 4.78 is 15.2. The molecule has 1 saturated heterocycles. The van der Waals surface area contributed by atoms with E-state index in [1.165, 1.54) is 12.1 Å². The molecule has 0 saturated carbocycles. The Hall–Kier alpha value is -2.60. The average molecular weight is 365 g/mol. The molecule has 1 fully saturated rings. The lowest BCUT2D eigenvalue weighted by molar-refractivity contribution is 0.198. The van der Waals surface area contributed by atoms with E-state index in [1.54, 1.807) is 12.4 Å². The third-order valence-electron chi connectivity index (χ3n) is 5.18. The first-order chi connectivity index (χ1) is 13.2. The summed E-state index contributed by atoms with van der Waals surface area (Å²) in [6, 6.07) is 6.79. The van der Waals surface area contributed by atoms with Gasteiger partial charge in [-0.15, -0.1) is 0 Å². The topological polar surface area (TPSA) is 46.8 Å². The summed E-state index contributed by atoms with van der Waals surface area (Å²) in [7, 11) is 0. The minimum atomic E-state index is -0.188. The second kappa shape index (κ2) is 7.96. The Bertz CT molecular complexity index is 890. The van der Waals surface area contributed by atoms with E-state index in [1.807, 2.05) is 24.5 Å². The van der Waals surface area contributed by atoms with Crippen molar-refractivity contribution in [2.45, 2.75) is 38.6 Å². The van der Waals surface area contributed by atoms with E-state index in [0.29, 0.717) is 5.92 Å². The van der Waals surface area contributed by atoms with Gasteiger partial charge in [0.25, 0.3) is 0 Å². The molecule has 0 N–H and O–H groups in total. The maximum Gasteiger partial charge on any atom is 0.160 e. The molecule has 0 unspecified atom stereocenters. The van der Waals surface area contributed by atoms with Gasteiger partial charge in [-0.25, -0.2) is 14.4 Å². The Labute approximate surface area is 158 Å². The van der Waals surface area contributed by atoms with Gasteiger partial charge >= 0.3 is 0 Å². The Morgan fingerprint density at radius 2 is 1.89 bits per heavy atom. The third kappa shape index (κ3) is 3.90. The van der Waals surface area contributed by atoms with Gasteiger partial charge in [-0.3, -0.25) is 14.5 Å². The Kier molecular flexibility index (Phi) is 5.25. The van der Waals surface area contributed by atoms with Crippen LogP contribution in [0.5, 0.6) is 0 Å². The molecule has 1 aromatic carbocycles. The minimum absolute atomic E-state index is 0.188. The molecule has 0 aliphatic carbocycles. The van der Waals surface area contributed by atoms with Crippen LogP contribution in [-0.4, -0.2) is 37.5 Å². The van der Waals surface area contributed by atoms with Gasteiger partial charge in [0.05, 0.1) is 5.69 Å². The zero-order valence-corrected chi connectivity index (χ0v) is 15.6. The van der Waals surface area contributed by atoms with Crippen molar-refractivity contribution in [3.8, 4) is 5.82 Å². The predicted molar refractivity (Wildman–Crippen MR) is 102 cm³/mol.